The molecule has 6 nitrogen and oxygen atoms in total. The van der Waals surface area contributed by atoms with Crippen LogP contribution >= 0.6 is 0 Å². The van der Waals surface area contributed by atoms with Crippen molar-refractivity contribution in [1.29, 1.82) is 0 Å². The van der Waals surface area contributed by atoms with Crippen LogP contribution in [0.4, 0.5) is 0 Å². The molecule has 2 fully saturated rings. The van der Waals surface area contributed by atoms with Crippen LogP contribution in [0.5, 0.6) is 0 Å². The number of carbonyl (C=O) groups excluding carboxylic acids is 2. The van der Waals surface area contributed by atoms with E-state index in [1.165, 1.54) is 0 Å². The molecule has 2 atom stereocenters. The normalized spacial score (nSPS) is 21.7. The molecule has 0 unspecified atom stereocenters. The molecule has 2 aliphatic heterocycles. The van der Waals surface area contributed by atoms with E-state index in [2.05, 4.69) is 10.6 Å². The van der Waals surface area contributed by atoms with Crippen LogP contribution in [0, 0.1) is 0 Å². The maximum absolute atomic E-state index is 12.7. The fourth-order valence-electron chi connectivity index (χ4n) is 3.44. The molecule has 27 heavy (non-hydrogen) atoms. The third kappa shape index (κ3) is 4.02. The minimum Gasteiger partial charge on any atom is -0.349 e. The van der Waals surface area contributed by atoms with Gasteiger partial charge in [-0.25, -0.2) is 0 Å². The lowest BCUT2D eigenvalue weighted by atomic mass is 9.98. The van der Waals surface area contributed by atoms with Gasteiger partial charge in [0.25, 0.3) is 11.8 Å². The zero-order chi connectivity index (χ0) is 18.6. The van der Waals surface area contributed by atoms with Crippen LogP contribution in [-0.4, -0.2) is 55.1 Å². The average Bonchev–Trinajstić information content (AvgIpc) is 3.54. The Morgan fingerprint density at radius 2 is 1.48 bits per heavy atom. The summed E-state index contributed by atoms with van der Waals surface area (Å²) in [5, 5.41) is 6.26. The van der Waals surface area contributed by atoms with Gasteiger partial charge in [-0.3, -0.25) is 9.59 Å². The van der Waals surface area contributed by atoms with Crippen molar-refractivity contribution in [2.75, 3.05) is 26.2 Å². The molecule has 2 amide bonds. The molecule has 0 bridgehead atoms. The minimum absolute atomic E-state index is 0.0902. The van der Waals surface area contributed by atoms with Crippen LogP contribution in [0.1, 0.15) is 17.2 Å². The summed E-state index contributed by atoms with van der Waals surface area (Å²) < 4.78 is 5.44. The third-order valence-corrected chi connectivity index (χ3v) is 4.97. The Kier molecular flexibility index (Phi) is 5.18. The number of amides is 2. The summed E-state index contributed by atoms with van der Waals surface area (Å²) in [4.78, 5) is 27.0. The number of piperazine rings is 1. The molecule has 6 heteroatoms. The van der Waals surface area contributed by atoms with Crippen molar-refractivity contribution in [3.8, 4) is 0 Å². The number of benzene rings is 2. The Labute approximate surface area is 158 Å². The monoisotopic (exact) mass is 365 g/mol. The minimum atomic E-state index is -0.706. The van der Waals surface area contributed by atoms with Crippen molar-refractivity contribution in [2.24, 2.45) is 0 Å². The van der Waals surface area contributed by atoms with Gasteiger partial charge in [-0.1, -0.05) is 60.7 Å². The molecule has 0 saturated carbocycles. The molecule has 2 heterocycles. The van der Waals surface area contributed by atoms with Crippen molar-refractivity contribution < 1.29 is 14.3 Å². The largest absolute Gasteiger partial charge is 0.349 e. The van der Waals surface area contributed by atoms with Crippen LogP contribution in [0.2, 0.25) is 0 Å². The first-order valence-corrected chi connectivity index (χ1v) is 9.29. The number of hydrogen-bond acceptors (Lipinski definition) is 4. The topological polar surface area (TPSA) is 74.0 Å². The predicted molar refractivity (Wildman–Crippen MR) is 101 cm³/mol. The van der Waals surface area contributed by atoms with Crippen molar-refractivity contribution in [2.45, 2.75) is 18.2 Å². The van der Waals surface area contributed by atoms with Gasteiger partial charge in [-0.05, 0) is 11.1 Å². The smallest absolute Gasteiger partial charge is 0.255 e. The third-order valence-electron chi connectivity index (χ3n) is 4.97. The molecule has 0 radical (unpaired) electrons. The van der Waals surface area contributed by atoms with Crippen LogP contribution in [0.3, 0.4) is 0 Å². The number of ether oxygens (including phenoxy) is 1. The summed E-state index contributed by atoms with van der Waals surface area (Å²) in [6.45, 7) is 2.87. The van der Waals surface area contributed by atoms with Crippen molar-refractivity contribution >= 4 is 11.8 Å². The van der Waals surface area contributed by atoms with Crippen LogP contribution in [-0.2, 0) is 14.3 Å². The number of carbonyl (C=O) groups is 2. The molecule has 140 valence electrons. The highest BCUT2D eigenvalue weighted by Crippen LogP contribution is 2.28. The summed E-state index contributed by atoms with van der Waals surface area (Å²) >= 11 is 0. The zero-order valence-corrected chi connectivity index (χ0v) is 15.0. The maximum Gasteiger partial charge on any atom is 0.255 e. The summed E-state index contributed by atoms with van der Waals surface area (Å²) in [6, 6.07) is 19.3. The van der Waals surface area contributed by atoms with Crippen LogP contribution in [0.15, 0.2) is 60.7 Å². The van der Waals surface area contributed by atoms with Gasteiger partial charge in [0.2, 0.25) is 0 Å². The van der Waals surface area contributed by atoms with E-state index in [1.807, 2.05) is 60.7 Å². The Morgan fingerprint density at radius 1 is 0.926 bits per heavy atom. The first-order chi connectivity index (χ1) is 13.2. The van der Waals surface area contributed by atoms with E-state index in [4.69, 9.17) is 4.74 Å². The van der Waals surface area contributed by atoms with E-state index >= 15 is 0 Å². The molecule has 2 N–H and O–H groups in total. The van der Waals surface area contributed by atoms with E-state index in [-0.39, 0.29) is 17.9 Å². The molecular formula is C21H23N3O3. The number of hydrogen-bond donors (Lipinski definition) is 2. The van der Waals surface area contributed by atoms with Crippen molar-refractivity contribution in [3.63, 3.8) is 0 Å². The lowest BCUT2D eigenvalue weighted by molar-refractivity contribution is -0.133. The Balaban J connectivity index is 1.44. The van der Waals surface area contributed by atoms with Gasteiger partial charge in [0.1, 0.15) is 0 Å². The highest BCUT2D eigenvalue weighted by atomic mass is 16.6. The molecular weight excluding hydrogens is 342 g/mol. The van der Waals surface area contributed by atoms with Gasteiger partial charge in [0, 0.05) is 26.2 Å². The second-order valence-corrected chi connectivity index (χ2v) is 6.82. The van der Waals surface area contributed by atoms with Gasteiger partial charge in [-0.2, -0.15) is 0 Å². The highest BCUT2D eigenvalue weighted by molar-refractivity contribution is 5.95. The number of nitrogens with one attached hydrogen (secondary N) is 2. The van der Waals surface area contributed by atoms with E-state index in [0.717, 1.165) is 24.2 Å². The van der Waals surface area contributed by atoms with Crippen LogP contribution < -0.4 is 10.6 Å². The van der Waals surface area contributed by atoms with Gasteiger partial charge < -0.3 is 20.3 Å². The number of nitrogens with zero attached hydrogens (tertiary/aromatic N) is 1. The van der Waals surface area contributed by atoms with Crippen molar-refractivity contribution in [3.05, 3.63) is 71.8 Å². The second kappa shape index (κ2) is 7.90. The summed E-state index contributed by atoms with van der Waals surface area (Å²) in [7, 11) is 0. The van der Waals surface area contributed by atoms with E-state index in [0.29, 0.717) is 13.1 Å². The van der Waals surface area contributed by atoms with Crippen LogP contribution in [0.25, 0.3) is 0 Å². The highest BCUT2D eigenvalue weighted by Gasteiger charge is 2.52. The standard InChI is InChI=1S/C21H23N3O3/c25-20(18-19(27-18)21(26)24-13-11-22-12-14-24)23-17(15-7-3-1-4-8-15)16-9-5-2-6-10-16/h1-10,17-19,22H,11-14H2,(H,23,25)/t18-,19-/m0/s1. The van der Waals surface area contributed by atoms with E-state index in [9.17, 15) is 9.59 Å². The molecule has 2 aromatic carbocycles. The number of epoxide rings is 1. The zero-order valence-electron chi connectivity index (χ0n) is 15.0. The molecule has 0 spiro atoms. The maximum atomic E-state index is 12.7. The Morgan fingerprint density at radius 3 is 2.04 bits per heavy atom. The summed E-state index contributed by atoms with van der Waals surface area (Å²) in [5.41, 5.74) is 1.98. The van der Waals surface area contributed by atoms with Gasteiger partial charge in [0.05, 0.1) is 6.04 Å². The van der Waals surface area contributed by atoms with Gasteiger partial charge >= 0.3 is 0 Å². The Bertz CT molecular complexity index is 751. The molecule has 2 aliphatic rings. The molecule has 0 aliphatic carbocycles. The van der Waals surface area contributed by atoms with Gasteiger partial charge in [0.15, 0.2) is 12.2 Å². The first-order valence-electron chi connectivity index (χ1n) is 9.29. The molecule has 2 aromatic rings. The molecule has 4 rings (SSSR count). The summed E-state index contributed by atoms with van der Waals surface area (Å²) in [5.74, 6) is -0.339. The fourth-order valence-corrected chi connectivity index (χ4v) is 3.44. The summed E-state index contributed by atoms with van der Waals surface area (Å²) in [6.07, 6.45) is -1.36. The predicted octanol–water partition coefficient (Wildman–Crippen LogP) is 1.09. The van der Waals surface area contributed by atoms with Gasteiger partial charge in [-0.15, -0.1) is 0 Å². The first kappa shape index (κ1) is 17.7. The Hall–Kier alpha value is -2.70. The van der Waals surface area contributed by atoms with E-state index in [1.54, 1.807) is 4.90 Å². The average molecular weight is 365 g/mol. The quantitative estimate of drug-likeness (QED) is 0.778. The molecule has 0 aromatic heterocycles. The molecule has 2 saturated heterocycles. The second-order valence-electron chi connectivity index (χ2n) is 6.82. The number of rotatable bonds is 5. The lowest BCUT2D eigenvalue weighted by Gasteiger charge is -2.26. The van der Waals surface area contributed by atoms with Crippen molar-refractivity contribution in [1.82, 2.24) is 15.5 Å². The lowest BCUT2D eigenvalue weighted by Crippen LogP contribution is -2.48. The SMILES string of the molecule is O=C(NC(c1ccccc1)c1ccccc1)[C@H]1O[C@@H]1C(=O)N1CCNCC1. The fraction of sp³-hybridized carbons (Fsp3) is 0.333. The van der Waals surface area contributed by atoms with E-state index < -0.39 is 12.2 Å².